The van der Waals surface area contributed by atoms with Crippen LogP contribution in [0.5, 0.6) is 5.75 Å². The van der Waals surface area contributed by atoms with E-state index in [1.54, 1.807) is 0 Å². The lowest BCUT2D eigenvalue weighted by Crippen LogP contribution is -2.06. The van der Waals surface area contributed by atoms with Gasteiger partial charge >= 0.3 is 0 Å². The number of rotatable bonds is 3. The molecule has 0 saturated heterocycles. The second kappa shape index (κ2) is 4.87. The average molecular weight is 264 g/mol. The minimum atomic E-state index is 0.182. The molecule has 0 radical (unpaired) electrons. The number of ether oxygens (including phenoxy) is 1. The van der Waals surface area contributed by atoms with Crippen molar-refractivity contribution in [2.75, 3.05) is 0 Å². The molecule has 0 fully saturated rings. The van der Waals surface area contributed by atoms with Crippen molar-refractivity contribution < 1.29 is 4.74 Å². The zero-order valence-corrected chi connectivity index (χ0v) is 10.0. The van der Waals surface area contributed by atoms with E-state index in [-0.39, 0.29) is 6.10 Å². The highest BCUT2D eigenvalue weighted by molar-refractivity contribution is 9.10. The molecule has 1 rings (SSSR count). The van der Waals surface area contributed by atoms with Crippen molar-refractivity contribution in [2.45, 2.75) is 25.8 Å². The Morgan fingerprint density at radius 3 is 2.69 bits per heavy atom. The fourth-order valence-corrected chi connectivity index (χ4v) is 1.89. The van der Waals surface area contributed by atoms with Crippen LogP contribution in [-0.4, -0.2) is 6.10 Å². The highest BCUT2D eigenvalue weighted by atomic mass is 79.9. The van der Waals surface area contributed by atoms with Crippen LogP contribution in [-0.2, 0) is 5.88 Å². The van der Waals surface area contributed by atoms with Crippen molar-refractivity contribution >= 4 is 27.5 Å². The first-order valence-electron chi connectivity index (χ1n) is 4.15. The van der Waals surface area contributed by atoms with Crippen LogP contribution in [0.3, 0.4) is 0 Å². The molecule has 3 heteroatoms. The number of hydrogen-bond donors (Lipinski definition) is 0. The van der Waals surface area contributed by atoms with Crippen LogP contribution in [0, 0.1) is 0 Å². The first-order valence-corrected chi connectivity index (χ1v) is 5.48. The van der Waals surface area contributed by atoms with E-state index in [9.17, 15) is 0 Å². The maximum atomic E-state index is 5.76. The Hall–Kier alpha value is -0.210. The molecule has 1 aromatic rings. The molecule has 0 amide bonds. The molecule has 0 spiro atoms. The summed E-state index contributed by atoms with van der Waals surface area (Å²) >= 11 is 9.22. The molecule has 0 heterocycles. The summed E-state index contributed by atoms with van der Waals surface area (Å²) in [4.78, 5) is 0. The lowest BCUT2D eigenvalue weighted by atomic mass is 10.2. The third-order valence-corrected chi connectivity index (χ3v) is 2.74. The highest BCUT2D eigenvalue weighted by Crippen LogP contribution is 2.30. The third kappa shape index (κ3) is 2.89. The van der Waals surface area contributed by atoms with E-state index in [4.69, 9.17) is 16.3 Å². The molecule has 1 nitrogen and oxygen atoms in total. The number of halogens is 2. The summed E-state index contributed by atoms with van der Waals surface area (Å²) in [5.41, 5.74) is 1.06. The van der Waals surface area contributed by atoms with Gasteiger partial charge in [0.15, 0.2) is 0 Å². The van der Waals surface area contributed by atoms with Crippen LogP contribution in [0.1, 0.15) is 19.4 Å². The summed E-state index contributed by atoms with van der Waals surface area (Å²) in [7, 11) is 0. The summed E-state index contributed by atoms with van der Waals surface area (Å²) < 4.78 is 6.54. The molecular formula is C10H12BrClO. The van der Waals surface area contributed by atoms with Crippen molar-refractivity contribution in [3.05, 3.63) is 28.2 Å². The van der Waals surface area contributed by atoms with Crippen molar-refractivity contribution in [1.82, 2.24) is 0 Å². The van der Waals surface area contributed by atoms with Gasteiger partial charge in [0, 0.05) is 5.88 Å². The number of hydrogen-bond acceptors (Lipinski definition) is 1. The summed E-state index contributed by atoms with van der Waals surface area (Å²) in [5.74, 6) is 1.35. The van der Waals surface area contributed by atoms with Gasteiger partial charge in [-0.3, -0.25) is 0 Å². The summed E-state index contributed by atoms with van der Waals surface area (Å²) in [5, 5.41) is 0. The minimum absolute atomic E-state index is 0.182. The molecule has 0 atom stereocenters. The number of benzene rings is 1. The molecule has 0 aliphatic heterocycles. The van der Waals surface area contributed by atoms with Gasteiger partial charge in [-0.1, -0.05) is 12.1 Å². The van der Waals surface area contributed by atoms with E-state index in [0.29, 0.717) is 5.88 Å². The molecule has 0 bridgehead atoms. The second-order valence-corrected chi connectivity index (χ2v) is 4.09. The highest BCUT2D eigenvalue weighted by Gasteiger charge is 2.06. The first-order chi connectivity index (χ1) is 6.15. The Morgan fingerprint density at radius 1 is 1.46 bits per heavy atom. The summed E-state index contributed by atoms with van der Waals surface area (Å²) in [6, 6.07) is 5.85. The SMILES string of the molecule is CC(C)Oc1cccc(CCl)c1Br. The van der Waals surface area contributed by atoms with Crippen molar-refractivity contribution in [3.63, 3.8) is 0 Å². The Bertz CT molecular complexity index is 286. The predicted molar refractivity (Wildman–Crippen MR) is 59.5 cm³/mol. The summed E-state index contributed by atoms with van der Waals surface area (Å²) in [6.07, 6.45) is 0.182. The van der Waals surface area contributed by atoms with E-state index in [1.807, 2.05) is 32.0 Å². The van der Waals surface area contributed by atoms with Gasteiger partial charge in [-0.15, -0.1) is 11.6 Å². The zero-order chi connectivity index (χ0) is 9.84. The van der Waals surface area contributed by atoms with Gasteiger partial charge < -0.3 is 4.74 Å². The van der Waals surface area contributed by atoms with E-state index in [0.717, 1.165) is 15.8 Å². The van der Waals surface area contributed by atoms with E-state index in [2.05, 4.69) is 15.9 Å². The molecule has 1 aromatic carbocycles. The fourth-order valence-electron chi connectivity index (χ4n) is 1.00. The van der Waals surface area contributed by atoms with E-state index < -0.39 is 0 Å². The molecule has 0 aromatic heterocycles. The topological polar surface area (TPSA) is 9.23 Å². The Balaban J connectivity index is 2.94. The van der Waals surface area contributed by atoms with Crippen LogP contribution in [0.25, 0.3) is 0 Å². The Labute approximate surface area is 92.2 Å². The number of alkyl halides is 1. The maximum Gasteiger partial charge on any atom is 0.134 e. The minimum Gasteiger partial charge on any atom is -0.490 e. The van der Waals surface area contributed by atoms with E-state index in [1.165, 1.54) is 0 Å². The largest absolute Gasteiger partial charge is 0.490 e. The van der Waals surface area contributed by atoms with Gasteiger partial charge in [0.05, 0.1) is 10.6 Å². The molecule has 0 unspecified atom stereocenters. The Morgan fingerprint density at radius 2 is 2.15 bits per heavy atom. The van der Waals surface area contributed by atoms with Crippen LogP contribution in [0.15, 0.2) is 22.7 Å². The average Bonchev–Trinajstić information content (AvgIpc) is 2.08. The zero-order valence-electron chi connectivity index (χ0n) is 7.68. The van der Waals surface area contributed by atoms with Crippen molar-refractivity contribution in [3.8, 4) is 5.75 Å². The van der Waals surface area contributed by atoms with Gasteiger partial charge in [0.25, 0.3) is 0 Å². The lowest BCUT2D eigenvalue weighted by Gasteiger charge is -2.12. The standard InChI is InChI=1S/C10H12BrClO/c1-7(2)13-9-5-3-4-8(6-12)10(9)11/h3-5,7H,6H2,1-2H3. The molecule has 72 valence electrons. The molecule has 13 heavy (non-hydrogen) atoms. The van der Waals surface area contributed by atoms with Crippen LogP contribution in [0.4, 0.5) is 0 Å². The lowest BCUT2D eigenvalue weighted by molar-refractivity contribution is 0.240. The van der Waals surface area contributed by atoms with Crippen LogP contribution < -0.4 is 4.74 Å². The summed E-state index contributed by atoms with van der Waals surface area (Å²) in [6.45, 7) is 4.00. The van der Waals surface area contributed by atoms with Crippen molar-refractivity contribution in [1.29, 1.82) is 0 Å². The maximum absolute atomic E-state index is 5.76. The molecular weight excluding hydrogens is 251 g/mol. The van der Waals surface area contributed by atoms with Gasteiger partial charge in [0.1, 0.15) is 5.75 Å². The third-order valence-electron chi connectivity index (χ3n) is 1.55. The molecule has 0 aliphatic rings. The smallest absolute Gasteiger partial charge is 0.134 e. The quantitative estimate of drug-likeness (QED) is 0.750. The van der Waals surface area contributed by atoms with Crippen LogP contribution in [0.2, 0.25) is 0 Å². The second-order valence-electron chi connectivity index (χ2n) is 3.03. The van der Waals surface area contributed by atoms with Crippen molar-refractivity contribution in [2.24, 2.45) is 0 Å². The fraction of sp³-hybridized carbons (Fsp3) is 0.400. The van der Waals surface area contributed by atoms with Crippen LogP contribution >= 0.6 is 27.5 Å². The predicted octanol–water partition coefficient (Wildman–Crippen LogP) is 3.98. The monoisotopic (exact) mass is 262 g/mol. The Kier molecular flexibility index (Phi) is 4.07. The van der Waals surface area contributed by atoms with Gasteiger partial charge in [-0.05, 0) is 41.4 Å². The molecule has 0 aliphatic carbocycles. The van der Waals surface area contributed by atoms with Gasteiger partial charge in [-0.2, -0.15) is 0 Å². The van der Waals surface area contributed by atoms with Gasteiger partial charge in [-0.25, -0.2) is 0 Å². The van der Waals surface area contributed by atoms with E-state index >= 15 is 0 Å². The first kappa shape index (κ1) is 10.9. The normalized spacial score (nSPS) is 10.5. The van der Waals surface area contributed by atoms with Gasteiger partial charge in [0.2, 0.25) is 0 Å². The molecule has 0 N–H and O–H groups in total. The molecule has 0 saturated carbocycles.